The molecule has 3 heteroatoms. The average Bonchev–Trinajstić information content (AvgIpc) is 2.46. The molecule has 2 aliphatic rings. The van der Waals surface area contributed by atoms with Crippen LogP contribution in [0.15, 0.2) is 18.3 Å². The maximum Gasteiger partial charge on any atom is 0.0556 e. The number of hydrogen-bond donors (Lipinski definition) is 0. The van der Waals surface area contributed by atoms with Gasteiger partial charge in [0.05, 0.1) is 11.9 Å². The van der Waals surface area contributed by atoms with Crippen LogP contribution >= 0.6 is 0 Å². The molecule has 0 spiro atoms. The predicted octanol–water partition coefficient (Wildman–Crippen LogP) is 2.84. The van der Waals surface area contributed by atoms with Crippen molar-refractivity contribution < 1.29 is 0 Å². The zero-order chi connectivity index (χ0) is 13.2. The Bertz CT molecular complexity index is 415. The first-order chi connectivity index (χ1) is 9.28. The smallest absolute Gasteiger partial charge is 0.0556 e. The van der Waals surface area contributed by atoms with Gasteiger partial charge in [0, 0.05) is 30.9 Å². The summed E-state index contributed by atoms with van der Waals surface area (Å²) in [6.07, 6.45) is 7.43. The highest BCUT2D eigenvalue weighted by Crippen LogP contribution is 2.28. The predicted molar refractivity (Wildman–Crippen MR) is 79.6 cm³/mol. The normalized spacial score (nSPS) is 28.2. The van der Waals surface area contributed by atoms with Crippen molar-refractivity contribution >= 4 is 5.69 Å². The number of anilines is 1. The van der Waals surface area contributed by atoms with Crippen molar-refractivity contribution in [1.29, 1.82) is 0 Å². The van der Waals surface area contributed by atoms with Gasteiger partial charge in [0.2, 0.25) is 0 Å². The molecule has 0 radical (unpaired) electrons. The monoisotopic (exact) mass is 259 g/mol. The Balaban J connectivity index is 1.80. The third kappa shape index (κ3) is 2.62. The summed E-state index contributed by atoms with van der Waals surface area (Å²) in [7, 11) is 0. The first-order valence-electron chi connectivity index (χ1n) is 7.71. The SMILES string of the molecule is CCC1CN2CCCCC2CN1c1ccc(C)nc1. The Kier molecular flexibility index (Phi) is 3.74. The van der Waals surface area contributed by atoms with Gasteiger partial charge >= 0.3 is 0 Å². The second kappa shape index (κ2) is 5.49. The third-order valence-corrected chi connectivity index (χ3v) is 4.74. The Morgan fingerprint density at radius 1 is 1.26 bits per heavy atom. The fraction of sp³-hybridized carbons (Fsp3) is 0.688. The van der Waals surface area contributed by atoms with Crippen LogP contribution in [0.2, 0.25) is 0 Å². The molecule has 0 bridgehead atoms. The number of piperidine rings is 1. The zero-order valence-electron chi connectivity index (χ0n) is 12.2. The molecule has 3 rings (SSSR count). The summed E-state index contributed by atoms with van der Waals surface area (Å²) in [6.45, 7) is 8.09. The maximum absolute atomic E-state index is 4.47. The third-order valence-electron chi connectivity index (χ3n) is 4.74. The van der Waals surface area contributed by atoms with E-state index in [1.807, 2.05) is 0 Å². The molecule has 3 heterocycles. The van der Waals surface area contributed by atoms with Crippen LogP contribution in [0.5, 0.6) is 0 Å². The van der Waals surface area contributed by atoms with E-state index in [0.29, 0.717) is 6.04 Å². The van der Waals surface area contributed by atoms with Gasteiger partial charge < -0.3 is 4.90 Å². The van der Waals surface area contributed by atoms with E-state index in [-0.39, 0.29) is 0 Å². The number of hydrogen-bond acceptors (Lipinski definition) is 3. The van der Waals surface area contributed by atoms with Crippen molar-refractivity contribution in [2.75, 3.05) is 24.5 Å². The maximum atomic E-state index is 4.47. The standard InChI is InChI=1S/C16H25N3/c1-3-14-11-18-9-5-4-6-16(18)12-19(14)15-8-7-13(2)17-10-15/h7-8,10,14,16H,3-6,9,11-12H2,1-2H3. The van der Waals surface area contributed by atoms with E-state index in [1.165, 1.54) is 51.0 Å². The fourth-order valence-electron chi connectivity index (χ4n) is 3.55. The van der Waals surface area contributed by atoms with E-state index in [1.54, 1.807) is 0 Å². The highest BCUT2D eigenvalue weighted by molar-refractivity contribution is 5.46. The summed E-state index contributed by atoms with van der Waals surface area (Å²) in [5.41, 5.74) is 2.41. The minimum atomic E-state index is 0.652. The van der Waals surface area contributed by atoms with Gasteiger partial charge in [-0.05, 0) is 44.9 Å². The lowest BCUT2D eigenvalue weighted by Crippen LogP contribution is -2.59. The highest BCUT2D eigenvalue weighted by atomic mass is 15.3. The van der Waals surface area contributed by atoms with Gasteiger partial charge in [-0.2, -0.15) is 0 Å². The summed E-state index contributed by atoms with van der Waals surface area (Å²) in [5.74, 6) is 0. The number of fused-ring (bicyclic) bond motifs is 1. The first kappa shape index (κ1) is 12.9. The number of nitrogens with zero attached hydrogens (tertiary/aromatic N) is 3. The summed E-state index contributed by atoms with van der Waals surface area (Å²) < 4.78 is 0. The largest absolute Gasteiger partial charge is 0.364 e. The topological polar surface area (TPSA) is 19.4 Å². The lowest BCUT2D eigenvalue weighted by Gasteiger charge is -2.49. The first-order valence-corrected chi connectivity index (χ1v) is 7.71. The van der Waals surface area contributed by atoms with Crippen molar-refractivity contribution in [2.45, 2.75) is 51.6 Å². The summed E-state index contributed by atoms with van der Waals surface area (Å²) in [6, 6.07) is 5.79. The van der Waals surface area contributed by atoms with Crippen LogP contribution in [0.4, 0.5) is 5.69 Å². The summed E-state index contributed by atoms with van der Waals surface area (Å²) >= 11 is 0. The van der Waals surface area contributed by atoms with Crippen LogP contribution in [0.1, 0.15) is 38.3 Å². The molecule has 1 aromatic rings. The zero-order valence-corrected chi connectivity index (χ0v) is 12.2. The second-order valence-corrected chi connectivity index (χ2v) is 6.02. The molecule has 3 nitrogen and oxygen atoms in total. The molecule has 2 atom stereocenters. The molecule has 2 unspecified atom stereocenters. The second-order valence-electron chi connectivity index (χ2n) is 6.02. The van der Waals surface area contributed by atoms with Crippen LogP contribution in [0, 0.1) is 6.92 Å². The van der Waals surface area contributed by atoms with Gasteiger partial charge in [0.25, 0.3) is 0 Å². The Labute approximate surface area is 116 Å². The number of aryl methyl sites for hydroxylation is 1. The molecule has 0 saturated carbocycles. The molecule has 2 fully saturated rings. The molecule has 0 aromatic carbocycles. The highest BCUT2D eigenvalue weighted by Gasteiger charge is 2.34. The molecule has 0 amide bonds. The van der Waals surface area contributed by atoms with Gasteiger partial charge in [-0.3, -0.25) is 9.88 Å². The Hall–Kier alpha value is -1.09. The van der Waals surface area contributed by atoms with E-state index in [9.17, 15) is 0 Å². The Morgan fingerprint density at radius 2 is 2.16 bits per heavy atom. The van der Waals surface area contributed by atoms with Crippen LogP contribution in [-0.2, 0) is 0 Å². The summed E-state index contributed by atoms with van der Waals surface area (Å²) in [4.78, 5) is 9.79. The fourth-order valence-corrected chi connectivity index (χ4v) is 3.55. The number of rotatable bonds is 2. The van der Waals surface area contributed by atoms with E-state index in [0.717, 1.165) is 11.7 Å². The number of aromatic nitrogens is 1. The van der Waals surface area contributed by atoms with Crippen molar-refractivity contribution in [3.8, 4) is 0 Å². The lowest BCUT2D eigenvalue weighted by molar-refractivity contribution is 0.111. The van der Waals surface area contributed by atoms with Crippen molar-refractivity contribution in [2.24, 2.45) is 0 Å². The van der Waals surface area contributed by atoms with Crippen LogP contribution in [0.25, 0.3) is 0 Å². The molecule has 1 aromatic heterocycles. The summed E-state index contributed by atoms with van der Waals surface area (Å²) in [5, 5.41) is 0. The van der Waals surface area contributed by atoms with Gasteiger partial charge in [0.1, 0.15) is 0 Å². The molecule has 0 N–H and O–H groups in total. The van der Waals surface area contributed by atoms with Gasteiger partial charge in [-0.15, -0.1) is 0 Å². The molecule has 0 aliphatic carbocycles. The van der Waals surface area contributed by atoms with E-state index >= 15 is 0 Å². The lowest BCUT2D eigenvalue weighted by atomic mass is 9.95. The van der Waals surface area contributed by atoms with Gasteiger partial charge in [-0.25, -0.2) is 0 Å². The van der Waals surface area contributed by atoms with E-state index in [2.05, 4.69) is 47.0 Å². The molecule has 19 heavy (non-hydrogen) atoms. The Morgan fingerprint density at radius 3 is 2.89 bits per heavy atom. The molecule has 2 aliphatic heterocycles. The minimum Gasteiger partial charge on any atom is -0.364 e. The van der Waals surface area contributed by atoms with Gasteiger partial charge in [-0.1, -0.05) is 13.3 Å². The number of pyridine rings is 1. The van der Waals surface area contributed by atoms with Gasteiger partial charge in [0.15, 0.2) is 0 Å². The molecular formula is C16H25N3. The van der Waals surface area contributed by atoms with Crippen molar-refractivity contribution in [1.82, 2.24) is 9.88 Å². The van der Waals surface area contributed by atoms with E-state index in [4.69, 9.17) is 0 Å². The van der Waals surface area contributed by atoms with Crippen LogP contribution in [-0.4, -0.2) is 41.6 Å². The number of piperazine rings is 1. The van der Waals surface area contributed by atoms with Crippen LogP contribution in [0.3, 0.4) is 0 Å². The average molecular weight is 259 g/mol. The van der Waals surface area contributed by atoms with E-state index < -0.39 is 0 Å². The van der Waals surface area contributed by atoms with Crippen molar-refractivity contribution in [3.05, 3.63) is 24.0 Å². The molecule has 2 saturated heterocycles. The quantitative estimate of drug-likeness (QED) is 0.814. The molecular weight excluding hydrogens is 234 g/mol. The minimum absolute atomic E-state index is 0.652. The van der Waals surface area contributed by atoms with Crippen LogP contribution < -0.4 is 4.90 Å². The van der Waals surface area contributed by atoms with Crippen molar-refractivity contribution in [3.63, 3.8) is 0 Å². The molecule has 104 valence electrons.